The number of ketones is 1. The van der Waals surface area contributed by atoms with Gasteiger partial charge in [0.2, 0.25) is 15.8 Å². The van der Waals surface area contributed by atoms with Crippen LogP contribution in [0.2, 0.25) is 10.0 Å². The Kier molecular flexibility index (Phi) is 4.65. The van der Waals surface area contributed by atoms with Crippen LogP contribution in [0, 0.1) is 0 Å². The zero-order valence-corrected chi connectivity index (χ0v) is 16.2. The number of carbonyl (C=O) groups is 1. The monoisotopic (exact) mass is 411 g/mol. The predicted octanol–water partition coefficient (Wildman–Crippen LogP) is 3.89. The molecule has 3 rings (SSSR count). The van der Waals surface area contributed by atoms with Gasteiger partial charge in [-0.05, 0) is 49.7 Å². The summed E-state index contributed by atoms with van der Waals surface area (Å²) in [5.74, 6) is 0.131. The molecular weight excluding hydrogens is 397 g/mol. The van der Waals surface area contributed by atoms with Crippen molar-refractivity contribution in [2.75, 3.05) is 0 Å². The lowest BCUT2D eigenvalue weighted by molar-refractivity contribution is -0.125. The van der Waals surface area contributed by atoms with Crippen LogP contribution in [0.25, 0.3) is 11.3 Å². The smallest absolute Gasteiger partial charge is 0.239 e. The molecule has 1 heterocycles. The predicted molar refractivity (Wildman–Crippen MR) is 101 cm³/mol. The van der Waals surface area contributed by atoms with Crippen molar-refractivity contribution in [2.45, 2.75) is 24.3 Å². The van der Waals surface area contributed by atoms with Crippen LogP contribution in [0.1, 0.15) is 25.0 Å². The van der Waals surface area contributed by atoms with E-state index in [1.807, 2.05) is 0 Å². The molecule has 2 aromatic carbocycles. The van der Waals surface area contributed by atoms with Gasteiger partial charge in [0, 0.05) is 10.6 Å². The molecule has 136 valence electrons. The number of hydrogen-bond acceptors (Lipinski definition) is 4. The fourth-order valence-corrected chi connectivity index (χ4v) is 3.93. The van der Waals surface area contributed by atoms with Gasteiger partial charge in [0.1, 0.15) is 10.7 Å². The minimum absolute atomic E-state index is 0.0475. The number of primary sulfonamides is 1. The van der Waals surface area contributed by atoms with E-state index in [-0.39, 0.29) is 15.7 Å². The summed E-state index contributed by atoms with van der Waals surface area (Å²) in [5.41, 5.74) is 0.444. The van der Waals surface area contributed by atoms with E-state index in [0.29, 0.717) is 27.5 Å². The number of ether oxygens (including phenoxy) is 1. The third-order valence-electron chi connectivity index (χ3n) is 3.99. The molecule has 8 heteroatoms. The van der Waals surface area contributed by atoms with Gasteiger partial charge in [-0.15, -0.1) is 0 Å². The Morgan fingerprint density at radius 3 is 2.12 bits per heavy atom. The number of nitrogens with two attached hydrogens (primary N) is 1. The van der Waals surface area contributed by atoms with Crippen LogP contribution in [0.5, 0.6) is 0 Å². The molecule has 0 saturated carbocycles. The lowest BCUT2D eigenvalue weighted by Gasteiger charge is -2.18. The summed E-state index contributed by atoms with van der Waals surface area (Å²) in [4.78, 5) is 12.6. The molecule has 0 unspecified atom stereocenters. The highest BCUT2D eigenvalue weighted by Gasteiger charge is 2.42. The second-order valence-corrected chi connectivity index (χ2v) is 8.72. The zero-order chi connectivity index (χ0) is 19.3. The van der Waals surface area contributed by atoms with Crippen molar-refractivity contribution in [1.82, 2.24) is 0 Å². The fraction of sp³-hybridized carbons (Fsp3) is 0.167. The number of rotatable bonds is 3. The third-order valence-corrected chi connectivity index (χ3v) is 5.64. The van der Waals surface area contributed by atoms with E-state index in [2.05, 4.69) is 0 Å². The van der Waals surface area contributed by atoms with Gasteiger partial charge in [-0.25, -0.2) is 13.6 Å². The Morgan fingerprint density at radius 1 is 1.00 bits per heavy atom. The van der Waals surface area contributed by atoms with E-state index in [1.54, 1.807) is 38.1 Å². The highest BCUT2D eigenvalue weighted by atomic mass is 35.5. The minimum Gasteiger partial charge on any atom is -0.478 e. The minimum atomic E-state index is -3.95. The molecule has 5 nitrogen and oxygen atoms in total. The first-order chi connectivity index (χ1) is 12.0. The van der Waals surface area contributed by atoms with Crippen LogP contribution >= 0.6 is 23.2 Å². The highest BCUT2D eigenvalue weighted by molar-refractivity contribution is 7.89. The van der Waals surface area contributed by atoms with E-state index < -0.39 is 15.6 Å². The Labute approximate surface area is 161 Å². The van der Waals surface area contributed by atoms with Gasteiger partial charge in [0.15, 0.2) is 5.60 Å². The Bertz CT molecular complexity index is 1040. The maximum absolute atomic E-state index is 12.8. The summed E-state index contributed by atoms with van der Waals surface area (Å²) in [5, 5.41) is 5.63. The van der Waals surface area contributed by atoms with Crippen LogP contribution in [-0.2, 0) is 19.6 Å². The Balaban J connectivity index is 2.20. The molecular formula is C18H15Cl2NO4S. The van der Waals surface area contributed by atoms with E-state index >= 15 is 0 Å². The SMILES string of the molecule is CC1(C)OC(c2ccc(S(N)(=O)=O)c(Cl)c2)=C(c2ccc(Cl)cc2)C1=O. The van der Waals surface area contributed by atoms with E-state index in [1.165, 1.54) is 18.2 Å². The topological polar surface area (TPSA) is 86.5 Å². The van der Waals surface area contributed by atoms with Crippen molar-refractivity contribution in [3.63, 3.8) is 0 Å². The molecule has 1 aliphatic rings. The number of sulfonamides is 1. The molecule has 2 N–H and O–H groups in total. The number of hydrogen-bond donors (Lipinski definition) is 1. The molecule has 0 spiro atoms. The number of benzene rings is 2. The molecule has 0 fully saturated rings. The maximum atomic E-state index is 12.8. The number of carbonyl (C=O) groups excluding carboxylic acids is 1. The van der Waals surface area contributed by atoms with Crippen molar-refractivity contribution in [3.8, 4) is 0 Å². The molecule has 2 aromatic rings. The lowest BCUT2D eigenvalue weighted by atomic mass is 9.93. The maximum Gasteiger partial charge on any atom is 0.239 e. The van der Waals surface area contributed by atoms with Gasteiger partial charge in [0.25, 0.3) is 0 Å². The van der Waals surface area contributed by atoms with Gasteiger partial charge in [-0.2, -0.15) is 0 Å². The van der Waals surface area contributed by atoms with E-state index in [4.69, 9.17) is 33.1 Å². The van der Waals surface area contributed by atoms with Crippen molar-refractivity contribution < 1.29 is 17.9 Å². The average Bonchev–Trinajstić information content (AvgIpc) is 2.77. The largest absolute Gasteiger partial charge is 0.478 e. The van der Waals surface area contributed by atoms with Crippen LogP contribution in [-0.4, -0.2) is 19.8 Å². The number of Topliss-reactive ketones (excluding diaryl/α,β-unsaturated/α-hetero) is 1. The van der Waals surface area contributed by atoms with Gasteiger partial charge in [0.05, 0.1) is 10.6 Å². The van der Waals surface area contributed by atoms with Crippen LogP contribution in [0.4, 0.5) is 0 Å². The van der Waals surface area contributed by atoms with Crippen molar-refractivity contribution >= 4 is 50.3 Å². The van der Waals surface area contributed by atoms with Crippen molar-refractivity contribution in [2.24, 2.45) is 5.14 Å². The molecule has 1 aliphatic heterocycles. The molecule has 0 atom stereocenters. The molecule has 0 amide bonds. The van der Waals surface area contributed by atoms with Gasteiger partial charge in [-0.1, -0.05) is 35.3 Å². The van der Waals surface area contributed by atoms with Crippen LogP contribution in [0.3, 0.4) is 0 Å². The quantitative estimate of drug-likeness (QED) is 0.829. The summed E-state index contributed by atoms with van der Waals surface area (Å²) in [6, 6.07) is 11.0. The van der Waals surface area contributed by atoms with Crippen molar-refractivity contribution in [3.05, 3.63) is 63.6 Å². The molecule has 0 saturated heterocycles. The zero-order valence-electron chi connectivity index (χ0n) is 13.9. The first kappa shape index (κ1) is 18.9. The Hall–Kier alpha value is -1.86. The summed E-state index contributed by atoms with van der Waals surface area (Å²) >= 11 is 12.0. The van der Waals surface area contributed by atoms with E-state index in [0.717, 1.165) is 0 Å². The second kappa shape index (κ2) is 6.39. The standard InChI is InChI=1S/C18H15Cl2NO4S/c1-18(2)17(22)15(10-3-6-12(19)7-4-10)16(25-18)11-5-8-14(13(20)9-11)26(21,23)24/h3-9H,1-2H3,(H2,21,23,24). The second-order valence-electron chi connectivity index (χ2n) is 6.34. The van der Waals surface area contributed by atoms with Gasteiger partial charge >= 0.3 is 0 Å². The first-order valence-corrected chi connectivity index (χ1v) is 9.88. The molecule has 0 aromatic heterocycles. The Morgan fingerprint density at radius 2 is 1.58 bits per heavy atom. The summed E-state index contributed by atoms with van der Waals surface area (Å²) in [7, 11) is -3.95. The fourth-order valence-electron chi connectivity index (χ4n) is 2.71. The van der Waals surface area contributed by atoms with Gasteiger partial charge in [-0.3, -0.25) is 4.79 Å². The lowest BCUT2D eigenvalue weighted by Crippen LogP contribution is -2.29. The van der Waals surface area contributed by atoms with Gasteiger partial charge < -0.3 is 4.74 Å². The number of halogens is 2. The van der Waals surface area contributed by atoms with Crippen LogP contribution < -0.4 is 5.14 Å². The molecule has 0 bridgehead atoms. The van der Waals surface area contributed by atoms with Crippen molar-refractivity contribution in [1.29, 1.82) is 0 Å². The van der Waals surface area contributed by atoms with E-state index in [9.17, 15) is 13.2 Å². The summed E-state index contributed by atoms with van der Waals surface area (Å²) in [6.07, 6.45) is 0. The van der Waals surface area contributed by atoms with Crippen LogP contribution in [0.15, 0.2) is 47.4 Å². The molecule has 0 radical (unpaired) electrons. The third kappa shape index (κ3) is 3.38. The molecule has 0 aliphatic carbocycles. The molecule has 26 heavy (non-hydrogen) atoms. The normalized spacial score (nSPS) is 16.7. The highest BCUT2D eigenvalue weighted by Crippen LogP contribution is 2.42. The summed E-state index contributed by atoms with van der Waals surface area (Å²) in [6.45, 7) is 3.33. The average molecular weight is 412 g/mol. The summed E-state index contributed by atoms with van der Waals surface area (Å²) < 4.78 is 29.0. The first-order valence-electron chi connectivity index (χ1n) is 7.57.